The molecule has 0 fully saturated rings. The summed E-state index contributed by atoms with van der Waals surface area (Å²) in [6, 6.07) is 11.4. The van der Waals surface area contributed by atoms with Gasteiger partial charge in [-0.2, -0.15) is 5.26 Å². The van der Waals surface area contributed by atoms with E-state index in [0.717, 1.165) is 0 Å². The first kappa shape index (κ1) is 14.7. The summed E-state index contributed by atoms with van der Waals surface area (Å²) in [5.74, 6) is -0.0264. The van der Waals surface area contributed by atoms with Gasteiger partial charge >= 0.3 is 0 Å². The molecule has 2 aromatic carbocycles. The number of anilines is 2. The fourth-order valence-electron chi connectivity index (χ4n) is 1.81. The van der Waals surface area contributed by atoms with E-state index in [-0.39, 0.29) is 11.1 Å². The van der Waals surface area contributed by atoms with Gasteiger partial charge in [0.15, 0.2) is 0 Å². The van der Waals surface area contributed by atoms with Crippen LogP contribution in [0.4, 0.5) is 11.4 Å². The molecule has 1 amide bonds. The van der Waals surface area contributed by atoms with E-state index in [9.17, 15) is 4.79 Å². The van der Waals surface area contributed by atoms with Crippen LogP contribution in [0.15, 0.2) is 36.4 Å². The van der Waals surface area contributed by atoms with Crippen LogP contribution in [0.2, 0.25) is 5.02 Å². The summed E-state index contributed by atoms with van der Waals surface area (Å²) in [5.41, 5.74) is 7.00. The highest BCUT2D eigenvalue weighted by Crippen LogP contribution is 2.25. The number of methoxy groups -OCH3 is 1. The number of nitriles is 1. The van der Waals surface area contributed by atoms with Crippen molar-refractivity contribution < 1.29 is 9.53 Å². The summed E-state index contributed by atoms with van der Waals surface area (Å²) in [5, 5.41) is 12.1. The van der Waals surface area contributed by atoms with Crippen LogP contribution in [0.25, 0.3) is 0 Å². The van der Waals surface area contributed by atoms with Crippen molar-refractivity contribution in [3.63, 3.8) is 0 Å². The van der Waals surface area contributed by atoms with E-state index in [2.05, 4.69) is 5.32 Å². The molecule has 106 valence electrons. The normalized spacial score (nSPS) is 9.76. The number of hydrogen-bond acceptors (Lipinski definition) is 4. The number of hydrogen-bond donors (Lipinski definition) is 2. The Bertz CT molecular complexity index is 738. The highest BCUT2D eigenvalue weighted by Gasteiger charge is 2.14. The summed E-state index contributed by atoms with van der Waals surface area (Å²) in [4.78, 5) is 12.3. The zero-order valence-corrected chi connectivity index (χ0v) is 11.9. The van der Waals surface area contributed by atoms with E-state index in [1.54, 1.807) is 24.3 Å². The number of benzene rings is 2. The third kappa shape index (κ3) is 3.25. The molecule has 2 rings (SSSR count). The molecular weight excluding hydrogens is 290 g/mol. The third-order valence-corrected chi connectivity index (χ3v) is 3.05. The largest absolute Gasteiger partial charge is 0.496 e. The average Bonchev–Trinajstić information content (AvgIpc) is 2.48. The van der Waals surface area contributed by atoms with E-state index in [4.69, 9.17) is 27.3 Å². The second kappa shape index (κ2) is 6.16. The first-order chi connectivity index (χ1) is 10.0. The second-order valence-electron chi connectivity index (χ2n) is 4.22. The van der Waals surface area contributed by atoms with Gasteiger partial charge in [-0.3, -0.25) is 4.79 Å². The van der Waals surface area contributed by atoms with Crippen molar-refractivity contribution >= 4 is 28.9 Å². The van der Waals surface area contributed by atoms with E-state index >= 15 is 0 Å². The maximum absolute atomic E-state index is 12.3. The number of halogens is 1. The van der Waals surface area contributed by atoms with Crippen LogP contribution < -0.4 is 15.8 Å². The highest BCUT2D eigenvalue weighted by molar-refractivity contribution is 6.31. The maximum Gasteiger partial charge on any atom is 0.259 e. The molecule has 6 heteroatoms. The van der Waals surface area contributed by atoms with Crippen molar-refractivity contribution in [3.8, 4) is 11.8 Å². The Hall–Kier alpha value is -2.71. The van der Waals surface area contributed by atoms with E-state index < -0.39 is 5.91 Å². The van der Waals surface area contributed by atoms with Crippen molar-refractivity contribution in [3.05, 3.63) is 52.5 Å². The third-order valence-electron chi connectivity index (χ3n) is 2.82. The molecular formula is C15H12ClN3O2. The van der Waals surface area contributed by atoms with Crippen LogP contribution in [0.5, 0.6) is 5.75 Å². The molecule has 0 unspecified atom stereocenters. The molecule has 2 aromatic rings. The van der Waals surface area contributed by atoms with Gasteiger partial charge in [0.1, 0.15) is 11.8 Å². The molecule has 0 aliphatic rings. The second-order valence-corrected chi connectivity index (χ2v) is 4.65. The molecule has 0 saturated carbocycles. The molecule has 5 nitrogen and oxygen atoms in total. The summed E-state index contributed by atoms with van der Waals surface area (Å²) in [7, 11) is 1.46. The molecule has 0 aliphatic carbocycles. The Morgan fingerprint density at radius 1 is 1.33 bits per heavy atom. The lowest BCUT2D eigenvalue weighted by Crippen LogP contribution is -2.14. The molecule has 21 heavy (non-hydrogen) atoms. The number of rotatable bonds is 3. The summed E-state index contributed by atoms with van der Waals surface area (Å²) in [6.45, 7) is 0. The van der Waals surface area contributed by atoms with Crippen LogP contribution in [0.3, 0.4) is 0 Å². The predicted octanol–water partition coefficient (Wildman–Crippen LogP) is 3.05. The van der Waals surface area contributed by atoms with Gasteiger partial charge in [-0.1, -0.05) is 11.6 Å². The van der Waals surface area contributed by atoms with Crippen molar-refractivity contribution in [2.75, 3.05) is 18.2 Å². The molecule has 0 aromatic heterocycles. The van der Waals surface area contributed by atoms with Gasteiger partial charge in [0, 0.05) is 10.7 Å². The van der Waals surface area contributed by atoms with Crippen LogP contribution >= 0.6 is 11.6 Å². The molecule has 0 bridgehead atoms. The fraction of sp³-hybridized carbons (Fsp3) is 0.0667. The number of nitrogens with two attached hydrogens (primary N) is 1. The number of amides is 1. The topological polar surface area (TPSA) is 88.1 Å². The van der Waals surface area contributed by atoms with Crippen LogP contribution in [-0.2, 0) is 0 Å². The molecule has 3 N–H and O–H groups in total. The molecule has 0 radical (unpaired) electrons. The van der Waals surface area contributed by atoms with Gasteiger partial charge in [-0.15, -0.1) is 0 Å². The van der Waals surface area contributed by atoms with Crippen LogP contribution in [0.1, 0.15) is 15.9 Å². The molecule has 0 saturated heterocycles. The highest BCUT2D eigenvalue weighted by atomic mass is 35.5. The predicted molar refractivity (Wildman–Crippen MR) is 81.5 cm³/mol. The van der Waals surface area contributed by atoms with Crippen molar-refractivity contribution in [2.45, 2.75) is 0 Å². The smallest absolute Gasteiger partial charge is 0.259 e. The first-order valence-corrected chi connectivity index (χ1v) is 6.37. The molecule has 0 spiro atoms. The van der Waals surface area contributed by atoms with Gasteiger partial charge in [0.25, 0.3) is 5.91 Å². The van der Waals surface area contributed by atoms with E-state index in [0.29, 0.717) is 22.1 Å². The molecule has 0 atom stereocenters. The zero-order valence-electron chi connectivity index (χ0n) is 11.2. The number of nitrogen functional groups attached to an aromatic ring is 1. The fourth-order valence-corrected chi connectivity index (χ4v) is 1.98. The maximum atomic E-state index is 12.3. The number of nitrogens with zero attached hydrogens (tertiary/aromatic N) is 1. The van der Waals surface area contributed by atoms with Crippen molar-refractivity contribution in [2.24, 2.45) is 0 Å². The standard InChI is InChI=1S/C15H12ClN3O2/c1-21-14-5-2-10(16)7-12(14)15(20)19-13-4-3-11(18)6-9(13)8-17/h2-7H,18H2,1H3,(H,19,20). The quantitative estimate of drug-likeness (QED) is 0.853. The Labute approximate surface area is 126 Å². The average molecular weight is 302 g/mol. The van der Waals surface area contributed by atoms with Gasteiger partial charge in [0.05, 0.1) is 23.9 Å². The zero-order chi connectivity index (χ0) is 15.4. The lowest BCUT2D eigenvalue weighted by molar-refractivity contribution is 0.102. The lowest BCUT2D eigenvalue weighted by Gasteiger charge is -2.11. The Morgan fingerprint density at radius 3 is 2.76 bits per heavy atom. The number of carbonyl (C=O) groups is 1. The summed E-state index contributed by atoms with van der Waals surface area (Å²) >= 11 is 5.90. The summed E-state index contributed by atoms with van der Waals surface area (Å²) in [6.07, 6.45) is 0. The summed E-state index contributed by atoms with van der Waals surface area (Å²) < 4.78 is 5.13. The van der Waals surface area contributed by atoms with Crippen molar-refractivity contribution in [1.29, 1.82) is 5.26 Å². The molecule has 0 heterocycles. The Kier molecular flexibility index (Phi) is 4.31. The number of carbonyl (C=O) groups excluding carboxylic acids is 1. The minimum Gasteiger partial charge on any atom is -0.496 e. The number of ether oxygens (including phenoxy) is 1. The monoisotopic (exact) mass is 301 g/mol. The van der Waals surface area contributed by atoms with Gasteiger partial charge in [-0.25, -0.2) is 0 Å². The van der Waals surface area contributed by atoms with E-state index in [1.165, 1.54) is 19.2 Å². The SMILES string of the molecule is COc1ccc(Cl)cc1C(=O)Nc1ccc(N)cc1C#N. The Morgan fingerprint density at radius 2 is 2.10 bits per heavy atom. The van der Waals surface area contributed by atoms with Crippen LogP contribution in [0, 0.1) is 11.3 Å². The van der Waals surface area contributed by atoms with Crippen molar-refractivity contribution in [1.82, 2.24) is 0 Å². The number of nitrogens with one attached hydrogen (secondary N) is 1. The Balaban J connectivity index is 2.35. The van der Waals surface area contributed by atoms with Gasteiger partial charge < -0.3 is 15.8 Å². The molecule has 0 aliphatic heterocycles. The van der Waals surface area contributed by atoms with E-state index in [1.807, 2.05) is 6.07 Å². The lowest BCUT2D eigenvalue weighted by atomic mass is 10.1. The minimum absolute atomic E-state index is 0.282. The minimum atomic E-state index is -0.421. The van der Waals surface area contributed by atoms with Gasteiger partial charge in [0.2, 0.25) is 0 Å². The van der Waals surface area contributed by atoms with Gasteiger partial charge in [-0.05, 0) is 36.4 Å². The first-order valence-electron chi connectivity index (χ1n) is 5.99. The van der Waals surface area contributed by atoms with Crippen LogP contribution in [-0.4, -0.2) is 13.0 Å².